The molecule has 3 rings (SSSR count). The molecule has 8 heteroatoms. The van der Waals surface area contributed by atoms with Crippen molar-refractivity contribution in [3.05, 3.63) is 58.4 Å². The summed E-state index contributed by atoms with van der Waals surface area (Å²) in [7, 11) is -3.89. The van der Waals surface area contributed by atoms with Crippen molar-refractivity contribution in [2.24, 2.45) is 4.40 Å². The monoisotopic (exact) mass is 404 g/mol. The molecule has 0 N–H and O–H groups in total. The lowest BCUT2D eigenvalue weighted by molar-refractivity contribution is -0.143. The van der Waals surface area contributed by atoms with Crippen LogP contribution in [-0.2, 0) is 26.1 Å². The molecule has 0 aliphatic rings. The van der Waals surface area contributed by atoms with Crippen LogP contribution in [-0.4, -0.2) is 25.6 Å². The number of aromatic nitrogens is 1. The lowest BCUT2D eigenvalue weighted by atomic mass is 10.1. The number of hydrogen-bond acceptors (Lipinski definition) is 5. The van der Waals surface area contributed by atoms with Gasteiger partial charge in [-0.1, -0.05) is 35.6 Å². The van der Waals surface area contributed by atoms with Crippen LogP contribution in [0.4, 0.5) is 0 Å². The molecular formula is C19H20N2O4S2. The number of rotatable bonds is 5. The van der Waals surface area contributed by atoms with Gasteiger partial charge < -0.3 is 9.30 Å². The van der Waals surface area contributed by atoms with Crippen LogP contribution in [0.25, 0.3) is 10.2 Å². The van der Waals surface area contributed by atoms with Gasteiger partial charge in [-0.25, -0.2) is 0 Å². The number of sulfonamides is 1. The van der Waals surface area contributed by atoms with E-state index in [4.69, 9.17) is 4.74 Å². The Morgan fingerprint density at radius 1 is 1.19 bits per heavy atom. The quantitative estimate of drug-likeness (QED) is 0.612. The van der Waals surface area contributed by atoms with Crippen molar-refractivity contribution in [1.29, 1.82) is 0 Å². The van der Waals surface area contributed by atoms with Crippen LogP contribution in [0.3, 0.4) is 0 Å². The lowest BCUT2D eigenvalue weighted by Gasteiger charge is -2.06. The third-order valence-electron chi connectivity index (χ3n) is 3.95. The molecule has 0 bridgehead atoms. The zero-order valence-corrected chi connectivity index (χ0v) is 16.9. The maximum Gasteiger partial charge on any atom is 0.326 e. The van der Waals surface area contributed by atoms with E-state index in [1.165, 1.54) is 23.5 Å². The van der Waals surface area contributed by atoms with Crippen molar-refractivity contribution in [3.63, 3.8) is 0 Å². The molecular weight excluding hydrogens is 384 g/mol. The first-order chi connectivity index (χ1) is 12.8. The topological polar surface area (TPSA) is 77.7 Å². The van der Waals surface area contributed by atoms with E-state index in [-0.39, 0.29) is 22.8 Å². The van der Waals surface area contributed by atoms with E-state index in [1.54, 1.807) is 29.7 Å². The highest BCUT2D eigenvalue weighted by Gasteiger charge is 2.17. The number of fused-ring (bicyclic) bond motifs is 1. The van der Waals surface area contributed by atoms with Crippen molar-refractivity contribution >= 4 is 37.5 Å². The number of carbonyl (C=O) groups is 1. The predicted octanol–water partition coefficient (Wildman–Crippen LogP) is 3.17. The summed E-state index contributed by atoms with van der Waals surface area (Å²) in [6.07, 6.45) is 0. The van der Waals surface area contributed by atoms with E-state index in [2.05, 4.69) is 4.40 Å². The van der Waals surface area contributed by atoms with Crippen LogP contribution >= 0.6 is 11.3 Å². The molecule has 0 saturated heterocycles. The lowest BCUT2D eigenvalue weighted by Crippen LogP contribution is -2.23. The van der Waals surface area contributed by atoms with E-state index in [0.29, 0.717) is 0 Å². The minimum absolute atomic E-state index is 0.0973. The van der Waals surface area contributed by atoms with Gasteiger partial charge in [-0.05, 0) is 50.1 Å². The third-order valence-corrected chi connectivity index (χ3v) is 6.57. The summed E-state index contributed by atoms with van der Waals surface area (Å²) in [6.45, 7) is 5.80. The van der Waals surface area contributed by atoms with E-state index < -0.39 is 16.0 Å². The van der Waals surface area contributed by atoms with Crippen molar-refractivity contribution in [2.75, 3.05) is 6.61 Å². The molecule has 0 spiro atoms. The maximum atomic E-state index is 12.7. The van der Waals surface area contributed by atoms with Crippen molar-refractivity contribution in [3.8, 4) is 0 Å². The van der Waals surface area contributed by atoms with Crippen LogP contribution in [0.1, 0.15) is 18.1 Å². The highest BCUT2D eigenvalue weighted by atomic mass is 32.2. The average molecular weight is 405 g/mol. The van der Waals surface area contributed by atoms with Gasteiger partial charge in [-0.3, -0.25) is 4.79 Å². The van der Waals surface area contributed by atoms with Crippen LogP contribution < -0.4 is 4.80 Å². The number of hydrogen-bond donors (Lipinski definition) is 0. The number of thiazole rings is 1. The first kappa shape index (κ1) is 19.3. The van der Waals surface area contributed by atoms with Crippen LogP contribution in [0.2, 0.25) is 0 Å². The summed E-state index contributed by atoms with van der Waals surface area (Å²) in [5.41, 5.74) is 2.80. The maximum absolute atomic E-state index is 12.7. The highest BCUT2D eigenvalue weighted by Crippen LogP contribution is 2.24. The molecule has 0 amide bonds. The Morgan fingerprint density at radius 3 is 2.56 bits per heavy atom. The van der Waals surface area contributed by atoms with Crippen LogP contribution in [0.5, 0.6) is 0 Å². The van der Waals surface area contributed by atoms with Gasteiger partial charge in [-0.15, -0.1) is 4.40 Å². The minimum Gasteiger partial charge on any atom is -0.465 e. The van der Waals surface area contributed by atoms with Crippen molar-refractivity contribution < 1.29 is 17.9 Å². The minimum atomic E-state index is -3.89. The van der Waals surface area contributed by atoms with Crippen molar-refractivity contribution in [1.82, 2.24) is 4.57 Å². The summed E-state index contributed by atoms with van der Waals surface area (Å²) in [4.78, 5) is 12.4. The number of aryl methyl sites for hydroxylation is 2. The zero-order chi connectivity index (χ0) is 19.6. The normalized spacial score (nSPS) is 12.5. The van der Waals surface area contributed by atoms with Crippen LogP contribution in [0, 0.1) is 13.8 Å². The summed E-state index contributed by atoms with van der Waals surface area (Å²) in [5.74, 6) is -0.435. The molecule has 0 fully saturated rings. The van der Waals surface area contributed by atoms with E-state index in [1.807, 2.05) is 26.0 Å². The molecule has 0 saturated carbocycles. The van der Waals surface area contributed by atoms with E-state index in [0.717, 1.165) is 21.3 Å². The van der Waals surface area contributed by atoms with Gasteiger partial charge in [0, 0.05) is 0 Å². The summed E-state index contributed by atoms with van der Waals surface area (Å²) in [6, 6.07) is 12.0. The standard InChI is InChI=1S/C19H20N2O4S2/c1-4-25-17(22)12-21-16-11-13(2)10-14(3)18(16)26-19(21)20-27(23,24)15-8-6-5-7-9-15/h5-11H,4,12H2,1-3H3. The number of nitrogens with zero attached hydrogens (tertiary/aromatic N) is 2. The second-order valence-corrected chi connectivity index (χ2v) is 8.67. The average Bonchev–Trinajstić information content (AvgIpc) is 2.93. The molecule has 142 valence electrons. The molecule has 6 nitrogen and oxygen atoms in total. The highest BCUT2D eigenvalue weighted by molar-refractivity contribution is 7.90. The fourth-order valence-corrected chi connectivity index (χ4v) is 5.12. The third kappa shape index (κ3) is 4.12. The van der Waals surface area contributed by atoms with Gasteiger partial charge in [0.15, 0.2) is 0 Å². The number of esters is 1. The summed E-state index contributed by atoms with van der Waals surface area (Å²) >= 11 is 1.25. The molecule has 3 aromatic rings. The van der Waals surface area contributed by atoms with Gasteiger partial charge >= 0.3 is 5.97 Å². The SMILES string of the molecule is CCOC(=O)Cn1c(=NS(=O)(=O)c2ccccc2)sc2c(C)cc(C)cc21. The molecule has 27 heavy (non-hydrogen) atoms. The molecule has 0 atom stereocenters. The smallest absolute Gasteiger partial charge is 0.326 e. The van der Waals surface area contributed by atoms with Gasteiger partial charge in [0.25, 0.3) is 10.0 Å². The van der Waals surface area contributed by atoms with Crippen LogP contribution in [0.15, 0.2) is 51.8 Å². The largest absolute Gasteiger partial charge is 0.465 e. The number of benzene rings is 2. The second kappa shape index (κ2) is 7.66. The summed E-state index contributed by atoms with van der Waals surface area (Å²) in [5, 5.41) is 0. The van der Waals surface area contributed by atoms with Gasteiger partial charge in [0.2, 0.25) is 4.80 Å². The van der Waals surface area contributed by atoms with Gasteiger partial charge in [0.1, 0.15) is 6.54 Å². The number of carbonyl (C=O) groups excluding carboxylic acids is 1. The summed E-state index contributed by atoms with van der Waals surface area (Å²) < 4.78 is 37.0. The zero-order valence-electron chi connectivity index (χ0n) is 15.3. The Kier molecular flexibility index (Phi) is 5.48. The molecule has 2 aromatic carbocycles. The Hall–Kier alpha value is -2.45. The molecule has 1 aromatic heterocycles. The Morgan fingerprint density at radius 2 is 1.89 bits per heavy atom. The molecule has 0 unspecified atom stereocenters. The first-order valence-corrected chi connectivity index (χ1v) is 10.7. The Labute approximate surface area is 161 Å². The van der Waals surface area contributed by atoms with E-state index in [9.17, 15) is 13.2 Å². The Bertz CT molecular complexity index is 1160. The number of ether oxygens (including phenoxy) is 1. The molecule has 0 aliphatic heterocycles. The Balaban J connectivity index is 2.25. The molecule has 1 heterocycles. The first-order valence-electron chi connectivity index (χ1n) is 8.44. The van der Waals surface area contributed by atoms with E-state index >= 15 is 0 Å². The van der Waals surface area contributed by atoms with Crippen molar-refractivity contribution in [2.45, 2.75) is 32.2 Å². The fraction of sp³-hybridized carbons (Fsp3) is 0.263. The fourth-order valence-electron chi connectivity index (χ4n) is 2.82. The van der Waals surface area contributed by atoms with Gasteiger partial charge in [0.05, 0.1) is 21.7 Å². The van der Waals surface area contributed by atoms with Gasteiger partial charge in [-0.2, -0.15) is 8.42 Å². The molecule has 0 radical (unpaired) electrons. The predicted molar refractivity (Wildman–Crippen MR) is 105 cm³/mol. The molecule has 0 aliphatic carbocycles. The second-order valence-electron chi connectivity index (χ2n) is 6.09.